The number of likely N-dealkylation sites (tertiary alicyclic amines) is 1. The predicted molar refractivity (Wildman–Crippen MR) is 143 cm³/mol. The van der Waals surface area contributed by atoms with Gasteiger partial charge in [0, 0.05) is 42.5 Å². The number of carbonyl (C=O) groups is 3. The van der Waals surface area contributed by atoms with Crippen molar-refractivity contribution in [2.24, 2.45) is 5.92 Å². The third-order valence-corrected chi connectivity index (χ3v) is 7.53. The van der Waals surface area contributed by atoms with Crippen LogP contribution in [0.2, 0.25) is 0 Å². The molecule has 2 fully saturated rings. The second-order valence-electron chi connectivity index (χ2n) is 10.2. The fraction of sp³-hybridized carbons (Fsp3) is 0.379. The van der Waals surface area contributed by atoms with E-state index in [9.17, 15) is 32.7 Å². The van der Waals surface area contributed by atoms with Gasteiger partial charge in [-0.25, -0.2) is 9.78 Å². The highest BCUT2D eigenvalue weighted by molar-refractivity contribution is 6.04. The van der Waals surface area contributed by atoms with Crippen molar-refractivity contribution < 1.29 is 49.5 Å². The monoisotopic (exact) mass is 605 g/mol. The van der Waals surface area contributed by atoms with E-state index < -0.39 is 35.5 Å². The molecule has 2 aliphatic heterocycles. The molecule has 42 heavy (non-hydrogen) atoms. The van der Waals surface area contributed by atoms with Gasteiger partial charge >= 0.3 is 12.1 Å². The third-order valence-electron chi connectivity index (χ3n) is 7.53. The number of amides is 2. The molecule has 2 aliphatic rings. The summed E-state index contributed by atoms with van der Waals surface area (Å²) in [6.07, 6.45) is -1.67. The van der Waals surface area contributed by atoms with Gasteiger partial charge < -0.3 is 37.0 Å². The number of nitrogens with one attached hydrogen (secondary N) is 1. The lowest BCUT2D eigenvalue weighted by Crippen LogP contribution is -3.00. The fourth-order valence-corrected chi connectivity index (χ4v) is 5.39. The first-order valence-corrected chi connectivity index (χ1v) is 13.4. The molecule has 0 aliphatic carbocycles. The maximum atomic E-state index is 13.6. The molecule has 2 aromatic carbocycles. The molecule has 0 saturated carbocycles. The molecule has 0 radical (unpaired) electrons. The highest BCUT2D eigenvalue weighted by Gasteiger charge is 2.42. The normalized spacial score (nSPS) is 17.8. The number of rotatable bonds is 6. The average molecular weight is 606 g/mol. The number of hydrogen-bond donors (Lipinski definition) is 2. The van der Waals surface area contributed by atoms with Crippen LogP contribution < -0.4 is 22.6 Å². The summed E-state index contributed by atoms with van der Waals surface area (Å²) in [7, 11) is 0. The topological polar surface area (TPSA) is 116 Å². The summed E-state index contributed by atoms with van der Waals surface area (Å²) in [5.74, 6) is -4.13. The maximum Gasteiger partial charge on any atom is 0.452 e. The van der Waals surface area contributed by atoms with Crippen LogP contribution in [-0.2, 0) is 15.8 Å². The SMILES string of the molecule is O=C(Nc1ccc(N2CCC(C(=O)N3CCCCC3C(=O)O)CC2)cc1)c1nc(-c2ccccc2)oc1C(F)(F)F.[Cl-]. The van der Waals surface area contributed by atoms with Crippen molar-refractivity contribution in [3.63, 3.8) is 0 Å². The van der Waals surface area contributed by atoms with Crippen LogP contribution in [0.3, 0.4) is 0 Å². The summed E-state index contributed by atoms with van der Waals surface area (Å²) in [6, 6.07) is 13.9. The Balaban J connectivity index is 0.00000405. The Kier molecular flexibility index (Phi) is 9.45. The van der Waals surface area contributed by atoms with Crippen molar-refractivity contribution in [2.45, 2.75) is 44.3 Å². The van der Waals surface area contributed by atoms with E-state index in [0.717, 1.165) is 18.5 Å². The second kappa shape index (κ2) is 12.8. The van der Waals surface area contributed by atoms with Crippen LogP contribution in [0.15, 0.2) is 59.0 Å². The van der Waals surface area contributed by atoms with Crippen molar-refractivity contribution in [1.82, 2.24) is 9.88 Å². The van der Waals surface area contributed by atoms with Crippen LogP contribution in [-0.4, -0.2) is 58.5 Å². The minimum Gasteiger partial charge on any atom is -1.00 e. The summed E-state index contributed by atoms with van der Waals surface area (Å²) < 4.78 is 45.8. The first-order valence-electron chi connectivity index (χ1n) is 13.4. The Morgan fingerprint density at radius 1 is 0.929 bits per heavy atom. The second-order valence-corrected chi connectivity index (χ2v) is 10.2. The lowest BCUT2D eigenvalue weighted by molar-refractivity contribution is -0.154. The predicted octanol–water partition coefficient (Wildman–Crippen LogP) is 2.30. The Morgan fingerprint density at radius 3 is 2.21 bits per heavy atom. The van der Waals surface area contributed by atoms with Gasteiger partial charge in [-0.05, 0) is 68.5 Å². The zero-order valence-electron chi connectivity index (χ0n) is 22.4. The van der Waals surface area contributed by atoms with Crippen molar-refractivity contribution >= 4 is 29.2 Å². The number of carbonyl (C=O) groups excluding carboxylic acids is 2. The van der Waals surface area contributed by atoms with E-state index in [1.807, 2.05) is 0 Å². The quantitative estimate of drug-likeness (QED) is 0.443. The number of oxazole rings is 1. The van der Waals surface area contributed by atoms with E-state index in [-0.39, 0.29) is 35.8 Å². The molecule has 2 amide bonds. The molecule has 1 unspecified atom stereocenters. The molecule has 9 nitrogen and oxygen atoms in total. The summed E-state index contributed by atoms with van der Waals surface area (Å²) in [6.45, 7) is 1.64. The number of benzene rings is 2. The van der Waals surface area contributed by atoms with E-state index >= 15 is 0 Å². The number of carboxylic acid groups (broad SMARTS) is 1. The van der Waals surface area contributed by atoms with Gasteiger partial charge in [-0.15, -0.1) is 0 Å². The van der Waals surface area contributed by atoms with Gasteiger partial charge in [0.05, 0.1) is 0 Å². The molecule has 3 aromatic rings. The van der Waals surface area contributed by atoms with Gasteiger partial charge in [-0.1, -0.05) is 18.2 Å². The lowest BCUT2D eigenvalue weighted by Gasteiger charge is -2.39. The fourth-order valence-electron chi connectivity index (χ4n) is 5.39. The number of aromatic nitrogens is 1. The van der Waals surface area contributed by atoms with Crippen LogP contribution in [0, 0.1) is 5.92 Å². The van der Waals surface area contributed by atoms with Gasteiger partial charge in [0.2, 0.25) is 17.6 Å². The molecule has 3 heterocycles. The number of aliphatic carboxylic acids is 1. The first kappa shape index (κ1) is 30.9. The van der Waals surface area contributed by atoms with Gasteiger partial charge in [-0.3, -0.25) is 9.59 Å². The smallest absolute Gasteiger partial charge is 0.452 e. The first-order chi connectivity index (χ1) is 19.6. The number of anilines is 2. The highest BCUT2D eigenvalue weighted by atomic mass is 35.5. The Bertz CT molecular complexity index is 1410. The summed E-state index contributed by atoms with van der Waals surface area (Å²) in [4.78, 5) is 44.9. The zero-order chi connectivity index (χ0) is 29.1. The number of halogens is 4. The number of hydrogen-bond acceptors (Lipinski definition) is 6. The van der Waals surface area contributed by atoms with E-state index in [4.69, 9.17) is 4.42 Å². The van der Waals surface area contributed by atoms with E-state index in [1.54, 1.807) is 42.5 Å². The van der Waals surface area contributed by atoms with Crippen molar-refractivity contribution in [1.29, 1.82) is 0 Å². The lowest BCUT2D eigenvalue weighted by atomic mass is 9.92. The van der Waals surface area contributed by atoms with Crippen LogP contribution in [0.5, 0.6) is 0 Å². The Morgan fingerprint density at radius 2 is 1.60 bits per heavy atom. The molecule has 5 rings (SSSR count). The molecule has 0 spiro atoms. The van der Waals surface area contributed by atoms with Gasteiger partial charge in [-0.2, -0.15) is 13.2 Å². The molecule has 2 N–H and O–H groups in total. The van der Waals surface area contributed by atoms with E-state index in [2.05, 4.69) is 15.2 Å². The number of nitrogens with zero attached hydrogens (tertiary/aromatic N) is 3. The van der Waals surface area contributed by atoms with E-state index in [1.165, 1.54) is 17.0 Å². The van der Waals surface area contributed by atoms with Crippen LogP contribution >= 0.6 is 0 Å². The molecule has 13 heteroatoms. The van der Waals surface area contributed by atoms with Gasteiger partial charge in [0.25, 0.3) is 5.91 Å². The maximum absolute atomic E-state index is 13.6. The molecule has 1 atom stereocenters. The minimum atomic E-state index is -4.91. The molecular weight excluding hydrogens is 577 g/mol. The van der Waals surface area contributed by atoms with Crippen LogP contribution in [0.4, 0.5) is 24.5 Å². The van der Waals surface area contributed by atoms with Crippen molar-refractivity contribution in [2.75, 3.05) is 29.9 Å². The Hall–Kier alpha value is -4.06. The number of piperidine rings is 2. The van der Waals surface area contributed by atoms with E-state index in [0.29, 0.717) is 44.5 Å². The summed E-state index contributed by atoms with van der Waals surface area (Å²) >= 11 is 0. The largest absolute Gasteiger partial charge is 1.00 e. The van der Waals surface area contributed by atoms with Crippen molar-refractivity contribution in [3.8, 4) is 11.5 Å². The van der Waals surface area contributed by atoms with Gasteiger partial charge in [0.1, 0.15) is 6.04 Å². The summed E-state index contributed by atoms with van der Waals surface area (Å²) in [5, 5.41) is 12.0. The molecular formula is C29H29ClF3N4O5-. The number of alkyl halides is 3. The van der Waals surface area contributed by atoms with Gasteiger partial charge in [0.15, 0.2) is 5.69 Å². The highest BCUT2D eigenvalue weighted by Crippen LogP contribution is 2.36. The molecule has 224 valence electrons. The molecule has 2 saturated heterocycles. The molecule has 0 bridgehead atoms. The Labute approximate surface area is 246 Å². The zero-order valence-corrected chi connectivity index (χ0v) is 23.2. The van der Waals surface area contributed by atoms with Crippen molar-refractivity contribution in [3.05, 3.63) is 66.1 Å². The number of carboxylic acids is 1. The standard InChI is InChI=1S/C29H29F3N4O5.ClH/c30-29(31,32)24-23(34-26(41-24)18-6-2-1-3-7-18)25(37)33-20-9-11-21(12-10-20)35-16-13-19(14-17-35)27(38)36-15-5-4-8-22(36)28(39)40;/h1-3,6-7,9-12,19,22H,4-5,8,13-17H2,(H,33,37)(H,39,40);1H/p-1. The molecule has 1 aromatic heterocycles. The van der Waals surface area contributed by atoms with Crippen LogP contribution in [0.25, 0.3) is 11.5 Å². The van der Waals surface area contributed by atoms with Crippen LogP contribution in [0.1, 0.15) is 48.4 Å². The average Bonchev–Trinajstić information content (AvgIpc) is 3.45. The third kappa shape index (κ3) is 6.70. The summed E-state index contributed by atoms with van der Waals surface area (Å²) in [5.41, 5.74) is 0.570. The minimum absolute atomic E-state index is 0.